The number of nitriles is 1. The Kier molecular flexibility index (Phi) is 6.17. The normalized spacial score (nSPS) is 10.7. The summed E-state index contributed by atoms with van der Waals surface area (Å²) >= 11 is 0. The first-order valence-electron chi connectivity index (χ1n) is 10.4. The van der Waals surface area contributed by atoms with Gasteiger partial charge >= 0.3 is 0 Å². The maximum absolute atomic E-state index is 12.5. The van der Waals surface area contributed by atoms with Crippen LogP contribution in [0.3, 0.4) is 0 Å². The van der Waals surface area contributed by atoms with Crippen LogP contribution in [-0.2, 0) is 17.8 Å². The Morgan fingerprint density at radius 2 is 2.06 bits per heavy atom. The van der Waals surface area contributed by atoms with E-state index in [4.69, 9.17) is 4.42 Å². The van der Waals surface area contributed by atoms with E-state index in [1.54, 1.807) is 28.8 Å². The first-order valence-corrected chi connectivity index (χ1v) is 10.4. The highest BCUT2D eigenvalue weighted by Gasteiger charge is 2.15. The first kappa shape index (κ1) is 21.8. The maximum atomic E-state index is 12.5. The molecule has 2 amide bonds. The molecule has 0 aliphatic rings. The minimum absolute atomic E-state index is 0.0999. The number of rotatable bonds is 7. The highest BCUT2D eigenvalue weighted by atomic mass is 16.3. The number of furan rings is 1. The SMILES string of the molecule is Cc1nc2c(C#N)cnn2c(C)c1CCC(=O)NCc1cccc(NC(=O)c2ccco2)c1. The van der Waals surface area contributed by atoms with Gasteiger partial charge in [0.1, 0.15) is 11.6 Å². The van der Waals surface area contributed by atoms with Crippen molar-refractivity contribution in [3.8, 4) is 6.07 Å². The van der Waals surface area contributed by atoms with Crippen LogP contribution in [0.4, 0.5) is 5.69 Å². The van der Waals surface area contributed by atoms with E-state index in [1.165, 1.54) is 12.5 Å². The van der Waals surface area contributed by atoms with Gasteiger partial charge in [0.05, 0.1) is 12.5 Å². The van der Waals surface area contributed by atoms with Gasteiger partial charge in [-0.2, -0.15) is 10.4 Å². The Labute approximate surface area is 190 Å². The summed E-state index contributed by atoms with van der Waals surface area (Å²) in [4.78, 5) is 29.1. The summed E-state index contributed by atoms with van der Waals surface area (Å²) in [6, 6.07) is 12.6. The third-order valence-electron chi connectivity index (χ3n) is 5.35. The van der Waals surface area contributed by atoms with Crippen LogP contribution < -0.4 is 10.6 Å². The van der Waals surface area contributed by atoms with Crippen molar-refractivity contribution in [1.82, 2.24) is 19.9 Å². The number of carbonyl (C=O) groups excluding carboxylic acids is 2. The standard InChI is InChI=1S/C24H22N6O3/c1-15-20(16(2)30-23(28-15)18(12-25)14-27-30)8-9-22(31)26-13-17-5-3-6-19(11-17)29-24(32)21-7-4-10-33-21/h3-7,10-11,14H,8-9,13H2,1-2H3,(H,26,31)(H,29,32). The number of hydrogen-bond acceptors (Lipinski definition) is 6. The van der Waals surface area contributed by atoms with Crippen LogP contribution in [-0.4, -0.2) is 26.4 Å². The molecule has 0 bridgehead atoms. The number of hydrogen-bond donors (Lipinski definition) is 2. The van der Waals surface area contributed by atoms with Gasteiger partial charge in [0, 0.05) is 30.0 Å². The maximum Gasteiger partial charge on any atom is 0.291 e. The number of nitrogens with one attached hydrogen (secondary N) is 2. The largest absolute Gasteiger partial charge is 0.459 e. The van der Waals surface area contributed by atoms with E-state index in [9.17, 15) is 14.9 Å². The number of nitrogens with zero attached hydrogens (tertiary/aromatic N) is 4. The van der Waals surface area contributed by atoms with Crippen LogP contribution in [0.15, 0.2) is 53.3 Å². The monoisotopic (exact) mass is 442 g/mol. The molecule has 1 aromatic carbocycles. The van der Waals surface area contributed by atoms with Gasteiger partial charge < -0.3 is 15.1 Å². The number of amides is 2. The highest BCUT2D eigenvalue weighted by Crippen LogP contribution is 2.18. The van der Waals surface area contributed by atoms with Gasteiger partial charge in [0.25, 0.3) is 5.91 Å². The second-order valence-corrected chi connectivity index (χ2v) is 7.58. The van der Waals surface area contributed by atoms with Gasteiger partial charge in [-0.15, -0.1) is 0 Å². The van der Waals surface area contributed by atoms with Crippen molar-refractivity contribution in [2.45, 2.75) is 33.2 Å². The van der Waals surface area contributed by atoms with E-state index in [-0.39, 0.29) is 24.0 Å². The van der Waals surface area contributed by atoms with Crippen molar-refractivity contribution >= 4 is 23.1 Å². The summed E-state index contributed by atoms with van der Waals surface area (Å²) in [5.74, 6) is -0.209. The van der Waals surface area contributed by atoms with Crippen molar-refractivity contribution in [2.24, 2.45) is 0 Å². The number of fused-ring (bicyclic) bond motifs is 1. The fraction of sp³-hybridized carbons (Fsp3) is 0.208. The second kappa shape index (κ2) is 9.36. The van der Waals surface area contributed by atoms with Crippen molar-refractivity contribution in [1.29, 1.82) is 5.26 Å². The Hall–Kier alpha value is -4.45. The zero-order valence-electron chi connectivity index (χ0n) is 18.3. The predicted molar refractivity (Wildman–Crippen MR) is 120 cm³/mol. The smallest absolute Gasteiger partial charge is 0.291 e. The number of carbonyl (C=O) groups is 2. The number of aromatic nitrogens is 3. The quantitative estimate of drug-likeness (QED) is 0.452. The molecule has 0 unspecified atom stereocenters. The molecule has 0 aliphatic carbocycles. The zero-order chi connectivity index (χ0) is 23.4. The van der Waals surface area contributed by atoms with Crippen LogP contribution in [0.5, 0.6) is 0 Å². The van der Waals surface area contributed by atoms with E-state index in [2.05, 4.69) is 26.8 Å². The van der Waals surface area contributed by atoms with E-state index >= 15 is 0 Å². The molecule has 4 aromatic rings. The topological polar surface area (TPSA) is 125 Å². The highest BCUT2D eigenvalue weighted by molar-refractivity contribution is 6.02. The molecule has 0 aliphatic heterocycles. The van der Waals surface area contributed by atoms with E-state index in [0.29, 0.717) is 29.9 Å². The molecule has 33 heavy (non-hydrogen) atoms. The molecular formula is C24H22N6O3. The molecule has 0 fully saturated rings. The summed E-state index contributed by atoms with van der Waals surface area (Å²) < 4.78 is 6.73. The fourth-order valence-electron chi connectivity index (χ4n) is 3.64. The molecule has 0 spiro atoms. The lowest BCUT2D eigenvalue weighted by Gasteiger charge is -2.12. The Morgan fingerprint density at radius 1 is 1.21 bits per heavy atom. The third kappa shape index (κ3) is 4.75. The van der Waals surface area contributed by atoms with Gasteiger partial charge in [0.15, 0.2) is 11.4 Å². The molecule has 0 atom stereocenters. The summed E-state index contributed by atoms with van der Waals surface area (Å²) in [6.07, 6.45) is 3.73. The van der Waals surface area contributed by atoms with Crippen LogP contribution in [0.2, 0.25) is 0 Å². The fourth-order valence-corrected chi connectivity index (χ4v) is 3.64. The average Bonchev–Trinajstić information content (AvgIpc) is 3.48. The molecule has 9 nitrogen and oxygen atoms in total. The predicted octanol–water partition coefficient (Wildman–Crippen LogP) is 3.31. The van der Waals surface area contributed by atoms with Crippen LogP contribution in [0, 0.1) is 25.2 Å². The van der Waals surface area contributed by atoms with Gasteiger partial charge in [-0.3, -0.25) is 9.59 Å². The average molecular weight is 442 g/mol. The Morgan fingerprint density at radius 3 is 2.82 bits per heavy atom. The summed E-state index contributed by atoms with van der Waals surface area (Å²) in [7, 11) is 0. The summed E-state index contributed by atoms with van der Waals surface area (Å²) in [5, 5.41) is 19.1. The molecule has 166 valence electrons. The number of anilines is 1. The summed E-state index contributed by atoms with van der Waals surface area (Å²) in [6.45, 7) is 4.12. The molecule has 0 saturated carbocycles. The molecule has 3 heterocycles. The van der Waals surface area contributed by atoms with Crippen molar-refractivity contribution in [2.75, 3.05) is 5.32 Å². The van der Waals surface area contributed by atoms with Crippen LogP contribution in [0.25, 0.3) is 5.65 Å². The Balaban J connectivity index is 1.35. The Bertz CT molecular complexity index is 1370. The molecule has 2 N–H and O–H groups in total. The summed E-state index contributed by atoms with van der Waals surface area (Å²) in [5.41, 5.74) is 5.01. The van der Waals surface area contributed by atoms with Gasteiger partial charge in [-0.1, -0.05) is 12.1 Å². The van der Waals surface area contributed by atoms with Crippen LogP contribution >= 0.6 is 0 Å². The number of benzene rings is 1. The lowest BCUT2D eigenvalue weighted by molar-refractivity contribution is -0.121. The second-order valence-electron chi connectivity index (χ2n) is 7.58. The molecule has 3 aromatic heterocycles. The van der Waals surface area contributed by atoms with Gasteiger partial charge in [-0.05, 0) is 55.7 Å². The van der Waals surface area contributed by atoms with Gasteiger partial charge in [-0.25, -0.2) is 9.50 Å². The minimum Gasteiger partial charge on any atom is -0.459 e. The molecule has 0 radical (unpaired) electrons. The molecule has 4 rings (SSSR count). The lowest BCUT2D eigenvalue weighted by atomic mass is 10.1. The van der Waals surface area contributed by atoms with Crippen molar-refractivity contribution < 1.29 is 14.0 Å². The minimum atomic E-state index is -0.337. The number of aryl methyl sites for hydroxylation is 2. The van der Waals surface area contributed by atoms with E-state index in [1.807, 2.05) is 26.0 Å². The van der Waals surface area contributed by atoms with Crippen molar-refractivity contribution in [3.05, 3.63) is 82.7 Å². The van der Waals surface area contributed by atoms with E-state index < -0.39 is 0 Å². The zero-order valence-corrected chi connectivity index (χ0v) is 18.3. The third-order valence-corrected chi connectivity index (χ3v) is 5.35. The molecule has 9 heteroatoms. The van der Waals surface area contributed by atoms with Crippen molar-refractivity contribution in [3.63, 3.8) is 0 Å². The molecular weight excluding hydrogens is 420 g/mol. The van der Waals surface area contributed by atoms with Gasteiger partial charge in [0.2, 0.25) is 5.91 Å². The van der Waals surface area contributed by atoms with Crippen LogP contribution in [0.1, 0.15) is 45.1 Å². The van der Waals surface area contributed by atoms with E-state index in [0.717, 1.165) is 22.5 Å². The first-order chi connectivity index (χ1) is 16.0. The molecule has 0 saturated heterocycles. The lowest BCUT2D eigenvalue weighted by Crippen LogP contribution is -2.23.